The smallest absolute Gasteiger partial charge is 0.337 e. The Morgan fingerprint density at radius 1 is 1.03 bits per heavy atom. The summed E-state index contributed by atoms with van der Waals surface area (Å²) in [7, 11) is 0. The second-order valence-corrected chi connectivity index (χ2v) is 11.0. The molecule has 2 aliphatic carbocycles. The van der Waals surface area contributed by atoms with Gasteiger partial charge in [0.15, 0.2) is 17.3 Å². The fourth-order valence-corrected chi connectivity index (χ4v) is 6.36. The lowest BCUT2D eigenvalue weighted by Gasteiger charge is -2.37. The topological polar surface area (TPSA) is 73.9 Å². The lowest BCUT2D eigenvalue weighted by Crippen LogP contribution is -2.36. The van der Waals surface area contributed by atoms with E-state index in [1.807, 2.05) is 31.2 Å². The molecule has 1 saturated carbocycles. The highest BCUT2D eigenvalue weighted by Crippen LogP contribution is 2.50. The molecule has 1 N–H and O–H groups in total. The molecule has 0 amide bonds. The van der Waals surface area contributed by atoms with Crippen molar-refractivity contribution in [2.24, 2.45) is 0 Å². The monoisotopic (exact) mass is 539 g/mol. The minimum atomic E-state index is -0.661. The van der Waals surface area contributed by atoms with Gasteiger partial charge in [-0.15, -0.1) is 0 Å². The number of hydrogen-bond donors (Lipinski definition) is 1. The standard InChI is InChI=1S/C29H27Cl2NO5/c1-15-26(29(34)37-19-4-2-3-5-19)27(20-12-24-25(13-21(20)31)36-14-35-24)28-22(32-15)10-17(11-23(28)33)16-6-8-18(30)9-7-16/h6-9,12-13,17,19,27,32H,2-5,10-11,14H2,1H3/t17-,27+/m1/s1. The Kier molecular flexibility index (Phi) is 6.41. The lowest BCUT2D eigenvalue weighted by atomic mass is 9.71. The Labute approximate surface area is 225 Å². The van der Waals surface area contributed by atoms with E-state index in [0.717, 1.165) is 36.9 Å². The first-order valence-corrected chi connectivity index (χ1v) is 13.4. The Hall–Kier alpha value is -2.96. The zero-order valence-electron chi connectivity index (χ0n) is 20.4. The summed E-state index contributed by atoms with van der Waals surface area (Å²) in [5.74, 6) is 0.00408. The normalized spacial score (nSPS) is 23.3. The van der Waals surface area contributed by atoms with Gasteiger partial charge >= 0.3 is 5.97 Å². The van der Waals surface area contributed by atoms with Crippen molar-refractivity contribution >= 4 is 35.0 Å². The van der Waals surface area contributed by atoms with Gasteiger partial charge in [0.25, 0.3) is 0 Å². The maximum absolute atomic E-state index is 13.8. The maximum Gasteiger partial charge on any atom is 0.337 e. The van der Waals surface area contributed by atoms with Crippen LogP contribution in [0.25, 0.3) is 0 Å². The fourth-order valence-electron chi connectivity index (χ4n) is 5.97. The van der Waals surface area contributed by atoms with Crippen molar-refractivity contribution in [2.75, 3.05) is 6.79 Å². The van der Waals surface area contributed by atoms with Crippen LogP contribution in [0.5, 0.6) is 11.5 Å². The van der Waals surface area contributed by atoms with Gasteiger partial charge in [0, 0.05) is 45.4 Å². The average molecular weight is 540 g/mol. The van der Waals surface area contributed by atoms with Crippen molar-refractivity contribution in [3.63, 3.8) is 0 Å². The summed E-state index contributed by atoms with van der Waals surface area (Å²) in [5.41, 5.74) is 4.15. The van der Waals surface area contributed by atoms with Crippen molar-refractivity contribution < 1.29 is 23.8 Å². The number of ketones is 1. The fraction of sp³-hybridized carbons (Fsp3) is 0.379. The number of esters is 1. The minimum Gasteiger partial charge on any atom is -0.459 e. The summed E-state index contributed by atoms with van der Waals surface area (Å²) in [5, 5.41) is 4.47. The van der Waals surface area contributed by atoms with Gasteiger partial charge in [0.2, 0.25) is 6.79 Å². The van der Waals surface area contributed by atoms with Crippen molar-refractivity contribution in [3.8, 4) is 11.5 Å². The summed E-state index contributed by atoms with van der Waals surface area (Å²) < 4.78 is 17.1. The van der Waals surface area contributed by atoms with Crippen molar-refractivity contribution in [3.05, 3.63) is 80.1 Å². The number of nitrogens with one attached hydrogen (secondary N) is 1. The number of benzene rings is 2. The molecule has 0 unspecified atom stereocenters. The Bertz CT molecular complexity index is 1340. The average Bonchev–Trinajstić information content (AvgIpc) is 3.54. The Morgan fingerprint density at radius 3 is 2.46 bits per heavy atom. The molecule has 0 saturated heterocycles. The summed E-state index contributed by atoms with van der Waals surface area (Å²) in [6, 6.07) is 11.1. The van der Waals surface area contributed by atoms with Crippen molar-refractivity contribution in [2.45, 2.75) is 63.4 Å². The number of hydrogen-bond acceptors (Lipinski definition) is 6. The molecule has 0 bridgehead atoms. The molecule has 4 aliphatic rings. The van der Waals surface area contributed by atoms with Gasteiger partial charge in [-0.05, 0) is 74.3 Å². The van der Waals surface area contributed by atoms with Crippen LogP contribution < -0.4 is 14.8 Å². The summed E-state index contributed by atoms with van der Waals surface area (Å²) >= 11 is 12.9. The van der Waals surface area contributed by atoms with Crippen LogP contribution in [0.3, 0.4) is 0 Å². The molecule has 1 fully saturated rings. The first kappa shape index (κ1) is 24.4. The van der Waals surface area contributed by atoms with E-state index in [2.05, 4.69) is 5.32 Å². The molecule has 0 radical (unpaired) electrons. The summed E-state index contributed by atoms with van der Waals surface area (Å²) in [6.45, 7) is 1.96. The molecule has 0 aromatic heterocycles. The van der Waals surface area contributed by atoms with E-state index < -0.39 is 11.9 Å². The highest BCUT2D eigenvalue weighted by atomic mass is 35.5. The SMILES string of the molecule is CC1=C(C(=O)OC2CCCC2)[C@H](c2cc3c(cc2Cl)OCO3)C2=C(C[C@@H](c3ccc(Cl)cc3)CC2=O)N1. The largest absolute Gasteiger partial charge is 0.459 e. The quantitative estimate of drug-likeness (QED) is 0.443. The number of fused-ring (bicyclic) bond motifs is 1. The highest BCUT2D eigenvalue weighted by Gasteiger charge is 2.43. The molecular formula is C29H27Cl2NO5. The second kappa shape index (κ2) is 9.73. The number of halogens is 2. The third kappa shape index (κ3) is 4.51. The summed E-state index contributed by atoms with van der Waals surface area (Å²) in [4.78, 5) is 27.5. The van der Waals surface area contributed by atoms with E-state index in [9.17, 15) is 9.59 Å². The zero-order chi connectivity index (χ0) is 25.7. The van der Waals surface area contributed by atoms with Gasteiger partial charge < -0.3 is 19.5 Å². The highest BCUT2D eigenvalue weighted by molar-refractivity contribution is 6.32. The van der Waals surface area contributed by atoms with Crippen LogP contribution in [0.15, 0.2) is 58.9 Å². The molecule has 2 atom stereocenters. The molecule has 8 heteroatoms. The third-order valence-corrected chi connectivity index (χ3v) is 8.35. The Morgan fingerprint density at radius 2 is 1.73 bits per heavy atom. The van der Waals surface area contributed by atoms with Crippen LogP contribution in [0.2, 0.25) is 10.0 Å². The van der Waals surface area contributed by atoms with Gasteiger partial charge in [-0.3, -0.25) is 4.79 Å². The van der Waals surface area contributed by atoms with Crippen LogP contribution in [-0.2, 0) is 14.3 Å². The van der Waals surface area contributed by atoms with Crippen LogP contribution in [0, 0.1) is 0 Å². The van der Waals surface area contributed by atoms with Crippen molar-refractivity contribution in [1.82, 2.24) is 5.32 Å². The molecule has 192 valence electrons. The van der Waals surface area contributed by atoms with Crippen LogP contribution in [0.4, 0.5) is 0 Å². The molecule has 37 heavy (non-hydrogen) atoms. The number of carbonyl (C=O) groups excluding carboxylic acids is 2. The predicted octanol–water partition coefficient (Wildman–Crippen LogP) is 6.57. The zero-order valence-corrected chi connectivity index (χ0v) is 22.0. The van der Waals surface area contributed by atoms with Crippen LogP contribution in [0.1, 0.15) is 68.4 Å². The van der Waals surface area contributed by atoms with E-state index in [1.54, 1.807) is 12.1 Å². The minimum absolute atomic E-state index is 0.00341. The first-order valence-electron chi connectivity index (χ1n) is 12.7. The number of ether oxygens (including phenoxy) is 3. The Balaban J connectivity index is 1.43. The number of allylic oxidation sites excluding steroid dienone is 3. The molecule has 2 aromatic rings. The van der Waals surface area contributed by atoms with E-state index in [1.165, 1.54) is 0 Å². The summed E-state index contributed by atoms with van der Waals surface area (Å²) in [6.07, 6.45) is 4.66. The number of rotatable bonds is 4. The number of dihydropyridines is 1. The van der Waals surface area contributed by atoms with Gasteiger partial charge in [0.05, 0.1) is 5.57 Å². The van der Waals surface area contributed by atoms with E-state index in [-0.39, 0.29) is 24.6 Å². The lowest BCUT2D eigenvalue weighted by molar-refractivity contribution is -0.144. The van der Waals surface area contributed by atoms with Gasteiger partial charge in [-0.2, -0.15) is 0 Å². The third-order valence-electron chi connectivity index (χ3n) is 7.77. The van der Waals surface area contributed by atoms with E-state index >= 15 is 0 Å². The molecule has 2 aliphatic heterocycles. The number of Topliss-reactive ketones (excluding diaryl/α,β-unsaturated/α-hetero) is 1. The number of carbonyl (C=O) groups is 2. The van der Waals surface area contributed by atoms with E-state index in [4.69, 9.17) is 37.4 Å². The van der Waals surface area contributed by atoms with Crippen LogP contribution in [-0.4, -0.2) is 24.6 Å². The first-order chi connectivity index (χ1) is 17.9. The van der Waals surface area contributed by atoms with Gasteiger partial charge in [0.1, 0.15) is 6.10 Å². The second-order valence-electron chi connectivity index (χ2n) is 10.1. The predicted molar refractivity (Wildman–Crippen MR) is 140 cm³/mol. The maximum atomic E-state index is 13.8. The van der Waals surface area contributed by atoms with E-state index in [0.29, 0.717) is 56.8 Å². The van der Waals surface area contributed by atoms with Gasteiger partial charge in [-0.1, -0.05) is 35.3 Å². The molecule has 2 aromatic carbocycles. The molecule has 0 spiro atoms. The molecule has 6 nitrogen and oxygen atoms in total. The molecule has 2 heterocycles. The molecular weight excluding hydrogens is 513 g/mol. The van der Waals surface area contributed by atoms with Gasteiger partial charge in [-0.25, -0.2) is 4.79 Å². The van der Waals surface area contributed by atoms with Crippen LogP contribution >= 0.6 is 23.2 Å². The molecule has 6 rings (SSSR count). The van der Waals surface area contributed by atoms with Crippen molar-refractivity contribution in [1.29, 1.82) is 0 Å².